The van der Waals surface area contributed by atoms with Gasteiger partial charge in [0.25, 0.3) is 0 Å². The van der Waals surface area contributed by atoms with Crippen molar-refractivity contribution in [3.8, 4) is 0 Å². The fourth-order valence-corrected chi connectivity index (χ4v) is 3.01. The summed E-state index contributed by atoms with van der Waals surface area (Å²) in [4.78, 5) is 0. The molecule has 1 rings (SSSR count). The van der Waals surface area contributed by atoms with Gasteiger partial charge in [0.05, 0.1) is 0 Å². The first kappa shape index (κ1) is 18.3. The second kappa shape index (κ2) is 10.0. The molecule has 0 saturated heterocycles. The number of aromatic nitrogens is 1. The molecule has 0 saturated carbocycles. The van der Waals surface area contributed by atoms with Gasteiger partial charge >= 0.3 is 0 Å². The summed E-state index contributed by atoms with van der Waals surface area (Å²) in [5.74, 6) is 1.46. The van der Waals surface area contributed by atoms with Gasteiger partial charge < -0.3 is 9.88 Å². The normalized spacial score (nSPS) is 14.6. The second-order valence-corrected chi connectivity index (χ2v) is 6.73. The molecule has 2 atom stereocenters. The molecule has 2 unspecified atom stereocenters. The first-order valence-electron chi connectivity index (χ1n) is 9.01. The van der Waals surface area contributed by atoms with Gasteiger partial charge in [-0.1, -0.05) is 53.9 Å². The Kier molecular flexibility index (Phi) is 8.75. The zero-order chi connectivity index (χ0) is 15.7. The molecule has 1 aromatic rings. The number of hydrogen-bond acceptors (Lipinski definition) is 1. The van der Waals surface area contributed by atoms with E-state index in [1.807, 2.05) is 0 Å². The van der Waals surface area contributed by atoms with Crippen LogP contribution in [-0.2, 0) is 6.54 Å². The van der Waals surface area contributed by atoms with E-state index in [0.717, 1.165) is 12.5 Å². The summed E-state index contributed by atoms with van der Waals surface area (Å²) in [5.41, 5.74) is 1.45. The highest BCUT2D eigenvalue weighted by atomic mass is 15.0. The Morgan fingerprint density at radius 3 is 2.48 bits per heavy atom. The topological polar surface area (TPSA) is 17.0 Å². The van der Waals surface area contributed by atoms with E-state index in [4.69, 9.17) is 0 Å². The molecular formula is C19H36N2. The molecule has 0 fully saturated rings. The van der Waals surface area contributed by atoms with Gasteiger partial charge in [0, 0.05) is 25.0 Å². The number of nitrogens with zero attached hydrogens (tertiary/aromatic N) is 1. The fourth-order valence-electron chi connectivity index (χ4n) is 3.01. The predicted octanol–water partition coefficient (Wildman–Crippen LogP) is 5.40. The number of hydrogen-bond donors (Lipinski definition) is 1. The summed E-state index contributed by atoms with van der Waals surface area (Å²) in [6, 6.07) is 2.79. The van der Waals surface area contributed by atoms with E-state index in [1.54, 1.807) is 0 Å². The molecule has 2 nitrogen and oxygen atoms in total. The Bertz CT molecular complexity index is 367. The predicted molar refractivity (Wildman–Crippen MR) is 93.6 cm³/mol. The first-order chi connectivity index (χ1) is 10.1. The van der Waals surface area contributed by atoms with E-state index in [0.29, 0.717) is 12.0 Å². The maximum Gasteiger partial charge on any atom is 0.0358 e. The molecule has 0 bridgehead atoms. The van der Waals surface area contributed by atoms with Crippen LogP contribution in [0.1, 0.15) is 78.3 Å². The second-order valence-electron chi connectivity index (χ2n) is 6.73. The van der Waals surface area contributed by atoms with Crippen LogP contribution >= 0.6 is 0 Å². The van der Waals surface area contributed by atoms with Gasteiger partial charge in [-0.25, -0.2) is 0 Å². The van der Waals surface area contributed by atoms with Crippen molar-refractivity contribution in [2.75, 3.05) is 6.54 Å². The van der Waals surface area contributed by atoms with Crippen molar-refractivity contribution in [1.29, 1.82) is 0 Å². The maximum absolute atomic E-state index is 3.69. The van der Waals surface area contributed by atoms with Crippen LogP contribution in [-0.4, -0.2) is 11.1 Å². The molecular weight excluding hydrogens is 256 g/mol. The van der Waals surface area contributed by atoms with Crippen LogP contribution < -0.4 is 5.32 Å². The lowest BCUT2D eigenvalue weighted by atomic mass is 9.98. The Hall–Kier alpha value is -0.760. The van der Waals surface area contributed by atoms with Gasteiger partial charge in [0.15, 0.2) is 0 Å². The SMILES string of the molecule is CCCCC(CC)Cn1ccc(C(NCCC)C(C)C)c1. The zero-order valence-corrected chi connectivity index (χ0v) is 14.9. The standard InChI is InChI=1S/C19H36N2/c1-6-9-10-17(8-3)14-21-13-11-18(15-21)19(16(4)5)20-12-7-2/h11,13,15-17,19-20H,6-10,12,14H2,1-5H3. The van der Waals surface area contributed by atoms with Crippen molar-refractivity contribution < 1.29 is 0 Å². The van der Waals surface area contributed by atoms with Gasteiger partial charge in [0.2, 0.25) is 0 Å². The molecule has 0 aliphatic rings. The van der Waals surface area contributed by atoms with E-state index < -0.39 is 0 Å². The van der Waals surface area contributed by atoms with Crippen LogP contribution in [0.15, 0.2) is 18.5 Å². The lowest BCUT2D eigenvalue weighted by Gasteiger charge is -2.21. The highest BCUT2D eigenvalue weighted by molar-refractivity contribution is 5.16. The molecule has 1 aromatic heterocycles. The van der Waals surface area contributed by atoms with Crippen molar-refractivity contribution in [3.05, 3.63) is 24.0 Å². The summed E-state index contributed by atoms with van der Waals surface area (Å²) < 4.78 is 2.40. The summed E-state index contributed by atoms with van der Waals surface area (Å²) in [6.07, 6.45) is 11.1. The minimum Gasteiger partial charge on any atom is -0.354 e. The third-order valence-electron chi connectivity index (χ3n) is 4.43. The van der Waals surface area contributed by atoms with Crippen molar-refractivity contribution in [2.24, 2.45) is 11.8 Å². The van der Waals surface area contributed by atoms with Crippen LogP contribution in [0.4, 0.5) is 0 Å². The van der Waals surface area contributed by atoms with E-state index in [-0.39, 0.29) is 0 Å². The third-order valence-corrected chi connectivity index (χ3v) is 4.43. The monoisotopic (exact) mass is 292 g/mol. The van der Waals surface area contributed by atoms with Crippen LogP contribution in [0.25, 0.3) is 0 Å². The molecule has 122 valence electrons. The molecule has 21 heavy (non-hydrogen) atoms. The van der Waals surface area contributed by atoms with E-state index in [2.05, 4.69) is 63.0 Å². The van der Waals surface area contributed by atoms with Crippen LogP contribution in [0.2, 0.25) is 0 Å². The summed E-state index contributed by atoms with van der Waals surface area (Å²) >= 11 is 0. The zero-order valence-electron chi connectivity index (χ0n) is 14.9. The van der Waals surface area contributed by atoms with Crippen molar-refractivity contribution in [2.45, 2.75) is 79.3 Å². The largest absolute Gasteiger partial charge is 0.354 e. The van der Waals surface area contributed by atoms with Gasteiger partial charge in [-0.2, -0.15) is 0 Å². The highest BCUT2D eigenvalue weighted by Crippen LogP contribution is 2.23. The van der Waals surface area contributed by atoms with Crippen LogP contribution in [0, 0.1) is 11.8 Å². The minimum absolute atomic E-state index is 0.488. The van der Waals surface area contributed by atoms with Gasteiger partial charge in [-0.15, -0.1) is 0 Å². The summed E-state index contributed by atoms with van der Waals surface area (Å²) in [7, 11) is 0. The first-order valence-corrected chi connectivity index (χ1v) is 9.01. The van der Waals surface area contributed by atoms with Crippen molar-refractivity contribution in [3.63, 3.8) is 0 Å². The van der Waals surface area contributed by atoms with Crippen LogP contribution in [0.5, 0.6) is 0 Å². The molecule has 0 aromatic carbocycles. The molecule has 0 aliphatic heterocycles. The lowest BCUT2D eigenvalue weighted by Crippen LogP contribution is -2.26. The Morgan fingerprint density at radius 2 is 1.90 bits per heavy atom. The molecule has 1 heterocycles. The Labute approximate surface area is 132 Å². The molecule has 0 radical (unpaired) electrons. The molecule has 0 spiro atoms. The van der Waals surface area contributed by atoms with Gasteiger partial charge in [-0.3, -0.25) is 0 Å². The van der Waals surface area contributed by atoms with Crippen molar-refractivity contribution in [1.82, 2.24) is 9.88 Å². The molecule has 1 N–H and O–H groups in total. The summed E-state index contributed by atoms with van der Waals surface area (Å²) in [5, 5.41) is 3.69. The molecule has 0 aliphatic carbocycles. The Morgan fingerprint density at radius 1 is 1.14 bits per heavy atom. The Balaban J connectivity index is 2.64. The van der Waals surface area contributed by atoms with E-state index >= 15 is 0 Å². The fraction of sp³-hybridized carbons (Fsp3) is 0.789. The van der Waals surface area contributed by atoms with Crippen molar-refractivity contribution >= 4 is 0 Å². The van der Waals surface area contributed by atoms with Gasteiger partial charge in [-0.05, 0) is 42.9 Å². The van der Waals surface area contributed by atoms with E-state index in [1.165, 1.54) is 44.2 Å². The quantitative estimate of drug-likeness (QED) is 0.577. The number of rotatable bonds is 11. The number of unbranched alkanes of at least 4 members (excludes halogenated alkanes) is 1. The van der Waals surface area contributed by atoms with Crippen LogP contribution in [0.3, 0.4) is 0 Å². The number of nitrogens with one attached hydrogen (secondary N) is 1. The third kappa shape index (κ3) is 6.25. The van der Waals surface area contributed by atoms with Gasteiger partial charge in [0.1, 0.15) is 0 Å². The average Bonchev–Trinajstić information content (AvgIpc) is 2.91. The highest BCUT2D eigenvalue weighted by Gasteiger charge is 2.16. The average molecular weight is 293 g/mol. The smallest absolute Gasteiger partial charge is 0.0358 e. The van der Waals surface area contributed by atoms with E-state index in [9.17, 15) is 0 Å². The minimum atomic E-state index is 0.488. The molecule has 0 amide bonds. The molecule has 2 heteroatoms. The summed E-state index contributed by atoms with van der Waals surface area (Å²) in [6.45, 7) is 13.7. The maximum atomic E-state index is 3.69. The lowest BCUT2D eigenvalue weighted by molar-refractivity contribution is 0.387.